The molecular weight excluding hydrogens is 308 g/mol. The molecule has 0 bridgehead atoms. The summed E-state index contributed by atoms with van der Waals surface area (Å²) in [4.78, 5) is 17.2. The summed E-state index contributed by atoms with van der Waals surface area (Å²) in [6.45, 7) is 5.63. The van der Waals surface area contributed by atoms with E-state index in [1.807, 2.05) is 42.2 Å². The maximum Gasteiger partial charge on any atom is 0.263 e. The lowest BCUT2D eigenvalue weighted by molar-refractivity contribution is -0.137. The molecule has 1 amide bonds. The van der Waals surface area contributed by atoms with Gasteiger partial charge in [0.1, 0.15) is 5.75 Å². The summed E-state index contributed by atoms with van der Waals surface area (Å²) in [5.74, 6) is 3.40. The lowest BCUT2D eigenvalue weighted by Gasteiger charge is -2.27. The van der Waals surface area contributed by atoms with E-state index < -0.39 is 6.10 Å². The maximum absolute atomic E-state index is 12.7. The SMILES string of the molecule is CC(Oc1ccccc1)C(=O)N1CCCN(C2CCSC2)CC1. The molecule has 2 fully saturated rings. The summed E-state index contributed by atoms with van der Waals surface area (Å²) in [6.07, 6.45) is 1.93. The van der Waals surface area contributed by atoms with Crippen molar-refractivity contribution in [3.8, 4) is 5.75 Å². The minimum atomic E-state index is -0.425. The zero-order valence-corrected chi connectivity index (χ0v) is 14.6. The highest BCUT2D eigenvalue weighted by molar-refractivity contribution is 7.99. The van der Waals surface area contributed by atoms with E-state index in [2.05, 4.69) is 16.7 Å². The zero-order valence-electron chi connectivity index (χ0n) is 13.8. The third kappa shape index (κ3) is 4.42. The molecule has 1 aromatic carbocycles. The normalized spacial score (nSPS) is 24.2. The Morgan fingerprint density at radius 1 is 1.22 bits per heavy atom. The summed E-state index contributed by atoms with van der Waals surface area (Å²) >= 11 is 2.05. The summed E-state index contributed by atoms with van der Waals surface area (Å²) in [5, 5.41) is 0. The Bertz CT molecular complexity index is 505. The van der Waals surface area contributed by atoms with Crippen LogP contribution >= 0.6 is 11.8 Å². The Labute approximate surface area is 143 Å². The highest BCUT2D eigenvalue weighted by atomic mass is 32.2. The molecule has 2 aliphatic rings. The van der Waals surface area contributed by atoms with Gasteiger partial charge in [-0.1, -0.05) is 18.2 Å². The van der Waals surface area contributed by atoms with Crippen molar-refractivity contribution in [3.63, 3.8) is 0 Å². The van der Waals surface area contributed by atoms with Gasteiger partial charge in [0.2, 0.25) is 0 Å². The number of hydrogen-bond acceptors (Lipinski definition) is 4. The topological polar surface area (TPSA) is 32.8 Å². The lowest BCUT2D eigenvalue weighted by Crippen LogP contribution is -2.43. The van der Waals surface area contributed by atoms with Crippen molar-refractivity contribution >= 4 is 17.7 Å². The van der Waals surface area contributed by atoms with Crippen LogP contribution in [0.25, 0.3) is 0 Å². The van der Waals surface area contributed by atoms with Gasteiger partial charge in [0.25, 0.3) is 5.91 Å². The van der Waals surface area contributed by atoms with Gasteiger partial charge < -0.3 is 9.64 Å². The fourth-order valence-corrected chi connectivity index (χ4v) is 4.60. The second-order valence-electron chi connectivity index (χ2n) is 6.31. The van der Waals surface area contributed by atoms with Crippen molar-refractivity contribution in [2.24, 2.45) is 0 Å². The van der Waals surface area contributed by atoms with E-state index in [4.69, 9.17) is 4.74 Å². The van der Waals surface area contributed by atoms with Crippen LogP contribution in [0.1, 0.15) is 19.8 Å². The monoisotopic (exact) mass is 334 g/mol. The molecular formula is C18H26N2O2S. The summed E-state index contributed by atoms with van der Waals surface area (Å²) in [6, 6.07) is 10.3. The van der Waals surface area contributed by atoms with Gasteiger partial charge >= 0.3 is 0 Å². The van der Waals surface area contributed by atoms with Gasteiger partial charge in [0, 0.05) is 38.0 Å². The number of ether oxygens (including phenoxy) is 1. The van der Waals surface area contributed by atoms with Gasteiger partial charge in [-0.05, 0) is 37.7 Å². The number of carbonyl (C=O) groups is 1. The van der Waals surface area contributed by atoms with E-state index in [9.17, 15) is 4.79 Å². The number of benzene rings is 1. The molecule has 5 heteroatoms. The molecule has 3 rings (SSSR count). The van der Waals surface area contributed by atoms with Gasteiger partial charge in [-0.3, -0.25) is 9.69 Å². The smallest absolute Gasteiger partial charge is 0.263 e. The number of rotatable bonds is 4. The first-order valence-electron chi connectivity index (χ1n) is 8.56. The quantitative estimate of drug-likeness (QED) is 0.847. The fourth-order valence-electron chi connectivity index (χ4n) is 3.34. The average Bonchev–Trinajstić information content (AvgIpc) is 3.00. The van der Waals surface area contributed by atoms with Crippen molar-refractivity contribution in [1.29, 1.82) is 0 Å². The minimum absolute atomic E-state index is 0.108. The predicted molar refractivity (Wildman–Crippen MR) is 95.0 cm³/mol. The van der Waals surface area contributed by atoms with Crippen LogP contribution in [0.15, 0.2) is 30.3 Å². The van der Waals surface area contributed by atoms with E-state index in [1.54, 1.807) is 0 Å². The number of thioether (sulfide) groups is 1. The van der Waals surface area contributed by atoms with Crippen molar-refractivity contribution in [2.75, 3.05) is 37.7 Å². The largest absolute Gasteiger partial charge is 0.481 e. The Balaban J connectivity index is 1.53. The molecule has 0 N–H and O–H groups in total. The Hall–Kier alpha value is -1.20. The summed E-state index contributed by atoms with van der Waals surface area (Å²) in [7, 11) is 0. The first-order valence-corrected chi connectivity index (χ1v) is 9.72. The molecule has 2 unspecified atom stereocenters. The summed E-state index contributed by atoms with van der Waals surface area (Å²) < 4.78 is 5.79. The predicted octanol–water partition coefficient (Wildman–Crippen LogP) is 2.49. The average molecular weight is 334 g/mol. The first-order chi connectivity index (χ1) is 11.2. The molecule has 4 nitrogen and oxygen atoms in total. The number of nitrogens with zero attached hydrogens (tertiary/aromatic N) is 2. The molecule has 2 heterocycles. The minimum Gasteiger partial charge on any atom is -0.481 e. The van der Waals surface area contributed by atoms with Crippen molar-refractivity contribution in [2.45, 2.75) is 31.9 Å². The third-order valence-electron chi connectivity index (χ3n) is 4.67. The lowest BCUT2D eigenvalue weighted by atomic mass is 10.2. The molecule has 0 aliphatic carbocycles. The molecule has 0 spiro atoms. The van der Waals surface area contributed by atoms with Gasteiger partial charge in [-0.15, -0.1) is 0 Å². The van der Waals surface area contributed by atoms with Gasteiger partial charge in [-0.25, -0.2) is 0 Å². The Kier molecular flexibility index (Phi) is 5.84. The fraction of sp³-hybridized carbons (Fsp3) is 0.611. The molecule has 0 radical (unpaired) electrons. The molecule has 2 atom stereocenters. The highest BCUT2D eigenvalue weighted by Crippen LogP contribution is 2.23. The number of para-hydroxylation sites is 1. The molecule has 0 aromatic heterocycles. The van der Waals surface area contributed by atoms with Crippen molar-refractivity contribution < 1.29 is 9.53 Å². The molecule has 126 valence electrons. The van der Waals surface area contributed by atoms with Crippen molar-refractivity contribution in [3.05, 3.63) is 30.3 Å². The van der Waals surface area contributed by atoms with E-state index in [0.717, 1.165) is 38.3 Å². The van der Waals surface area contributed by atoms with E-state index in [0.29, 0.717) is 6.04 Å². The third-order valence-corrected chi connectivity index (χ3v) is 5.81. The maximum atomic E-state index is 12.7. The van der Waals surface area contributed by atoms with Gasteiger partial charge in [-0.2, -0.15) is 11.8 Å². The molecule has 2 aliphatic heterocycles. The number of amides is 1. The molecule has 1 aromatic rings. The van der Waals surface area contributed by atoms with Gasteiger partial charge in [0.05, 0.1) is 0 Å². The molecule has 0 saturated carbocycles. The Morgan fingerprint density at radius 3 is 2.78 bits per heavy atom. The van der Waals surface area contributed by atoms with Crippen LogP contribution in [0, 0.1) is 0 Å². The zero-order chi connectivity index (χ0) is 16.1. The number of carbonyl (C=O) groups excluding carboxylic acids is 1. The summed E-state index contributed by atoms with van der Waals surface area (Å²) in [5.41, 5.74) is 0. The molecule has 2 saturated heterocycles. The molecule has 23 heavy (non-hydrogen) atoms. The van der Waals surface area contributed by atoms with E-state index >= 15 is 0 Å². The van der Waals surface area contributed by atoms with E-state index in [-0.39, 0.29) is 5.91 Å². The number of hydrogen-bond donors (Lipinski definition) is 0. The van der Waals surface area contributed by atoms with Crippen molar-refractivity contribution in [1.82, 2.24) is 9.80 Å². The Morgan fingerprint density at radius 2 is 2.04 bits per heavy atom. The second kappa shape index (κ2) is 8.06. The standard InChI is InChI=1S/C18H26N2O2S/c1-15(22-17-6-3-2-4-7-17)18(21)20-10-5-9-19(11-12-20)16-8-13-23-14-16/h2-4,6-7,15-16H,5,8-14H2,1H3. The first kappa shape index (κ1) is 16.7. The van der Waals surface area contributed by atoms with Gasteiger partial charge in [0.15, 0.2) is 6.10 Å². The van der Waals surface area contributed by atoms with Crippen LogP contribution in [0.2, 0.25) is 0 Å². The van der Waals surface area contributed by atoms with E-state index in [1.165, 1.54) is 17.9 Å². The van der Waals surface area contributed by atoms with Crippen LogP contribution in [0.3, 0.4) is 0 Å². The van der Waals surface area contributed by atoms with Crippen LogP contribution in [-0.2, 0) is 4.79 Å². The van der Waals surface area contributed by atoms with Crippen LogP contribution in [0.5, 0.6) is 5.75 Å². The van der Waals surface area contributed by atoms with Crippen LogP contribution in [-0.4, -0.2) is 65.5 Å². The highest BCUT2D eigenvalue weighted by Gasteiger charge is 2.28. The van der Waals surface area contributed by atoms with Crippen LogP contribution in [0.4, 0.5) is 0 Å². The van der Waals surface area contributed by atoms with Crippen LogP contribution < -0.4 is 4.74 Å². The second-order valence-corrected chi connectivity index (χ2v) is 7.46.